The second kappa shape index (κ2) is 5.60. The molecule has 2 aromatic rings. The lowest BCUT2D eigenvalue weighted by Crippen LogP contribution is -2.20. The molecule has 1 atom stereocenters. The van der Waals surface area contributed by atoms with Crippen LogP contribution in [0, 0.1) is 0 Å². The fraction of sp³-hybridized carbons (Fsp3) is 0.438. The highest BCUT2D eigenvalue weighted by Crippen LogP contribution is 2.37. The molecule has 1 aromatic heterocycles. The molecule has 1 heterocycles. The number of halogens is 1. The van der Waals surface area contributed by atoms with Crippen molar-refractivity contribution >= 4 is 23.0 Å². The van der Waals surface area contributed by atoms with Crippen molar-refractivity contribution in [3.05, 3.63) is 40.7 Å². The van der Waals surface area contributed by atoms with E-state index in [1.165, 1.54) is 17.7 Å². The number of nitrogens with zero attached hydrogens (tertiary/aromatic N) is 3. The molecule has 0 aliphatic heterocycles. The van der Waals surface area contributed by atoms with Gasteiger partial charge in [0.15, 0.2) is 0 Å². The van der Waals surface area contributed by atoms with E-state index in [2.05, 4.69) is 21.4 Å². The van der Waals surface area contributed by atoms with Gasteiger partial charge in [-0.1, -0.05) is 17.7 Å². The van der Waals surface area contributed by atoms with E-state index < -0.39 is 0 Å². The van der Waals surface area contributed by atoms with E-state index >= 15 is 0 Å². The highest BCUT2D eigenvalue weighted by atomic mass is 35.5. The maximum absolute atomic E-state index is 6.35. The molecular weight excluding hydrogens is 284 g/mol. The summed E-state index contributed by atoms with van der Waals surface area (Å²) in [7, 11) is 6.05. The van der Waals surface area contributed by atoms with Crippen LogP contribution >= 0.6 is 11.6 Å². The molecular formula is C16H21ClN4. The topological polar surface area (TPSA) is 33.1 Å². The van der Waals surface area contributed by atoms with Gasteiger partial charge < -0.3 is 10.2 Å². The average Bonchev–Trinajstić information content (AvgIpc) is 2.81. The molecule has 112 valence electrons. The van der Waals surface area contributed by atoms with Crippen LogP contribution in [0.4, 0.5) is 11.4 Å². The van der Waals surface area contributed by atoms with Crippen LogP contribution in [0.25, 0.3) is 0 Å². The Labute approximate surface area is 130 Å². The molecule has 5 heteroatoms. The predicted octanol–water partition coefficient (Wildman–Crippen LogP) is 3.63. The Kier molecular flexibility index (Phi) is 3.81. The van der Waals surface area contributed by atoms with Gasteiger partial charge >= 0.3 is 0 Å². The first-order chi connectivity index (χ1) is 10.1. The van der Waals surface area contributed by atoms with Gasteiger partial charge in [0.25, 0.3) is 0 Å². The minimum Gasteiger partial charge on any atom is -0.376 e. The molecule has 3 rings (SSSR count). The SMILES string of the molecule is CN(C)c1c(Cl)cccc1NC1CCCc2c1cnn2C. The lowest BCUT2D eigenvalue weighted by atomic mass is 9.92. The molecule has 0 fully saturated rings. The number of nitrogens with one attached hydrogen (secondary N) is 1. The third-order valence-corrected chi connectivity index (χ3v) is 4.44. The van der Waals surface area contributed by atoms with E-state index in [1.54, 1.807) is 0 Å². The summed E-state index contributed by atoms with van der Waals surface area (Å²) in [6.07, 6.45) is 5.41. The van der Waals surface area contributed by atoms with E-state index in [1.807, 2.05) is 44.2 Å². The van der Waals surface area contributed by atoms with Gasteiger partial charge in [0, 0.05) is 32.4 Å². The standard InChI is InChI=1S/C16H21ClN4/c1-20(2)16-12(17)6-4-8-14(16)19-13-7-5-9-15-11(13)10-18-21(15)3/h4,6,8,10,13,19H,5,7,9H2,1-3H3. The molecule has 1 aliphatic carbocycles. The van der Waals surface area contributed by atoms with Crippen LogP contribution in [-0.2, 0) is 13.5 Å². The van der Waals surface area contributed by atoms with Gasteiger partial charge in [-0.2, -0.15) is 5.10 Å². The summed E-state index contributed by atoms with van der Waals surface area (Å²) in [6, 6.07) is 6.31. The maximum Gasteiger partial charge on any atom is 0.0786 e. The Balaban J connectivity index is 1.94. The maximum atomic E-state index is 6.35. The Bertz CT molecular complexity index is 648. The molecule has 0 saturated heterocycles. The predicted molar refractivity (Wildman–Crippen MR) is 88.3 cm³/mol. The quantitative estimate of drug-likeness (QED) is 0.940. The number of aryl methyl sites for hydroxylation is 1. The summed E-state index contributed by atoms with van der Waals surface area (Å²) in [5.74, 6) is 0. The normalized spacial score (nSPS) is 17.4. The van der Waals surface area contributed by atoms with Crippen LogP contribution in [0.1, 0.15) is 30.1 Å². The van der Waals surface area contributed by atoms with Crippen molar-refractivity contribution in [2.75, 3.05) is 24.3 Å². The minimum absolute atomic E-state index is 0.305. The Morgan fingerprint density at radius 1 is 1.38 bits per heavy atom. The second-order valence-electron chi connectivity index (χ2n) is 5.79. The van der Waals surface area contributed by atoms with E-state index in [0.29, 0.717) is 6.04 Å². The van der Waals surface area contributed by atoms with Gasteiger partial charge in [-0.15, -0.1) is 0 Å². The highest BCUT2D eigenvalue weighted by Gasteiger charge is 2.24. The zero-order valence-electron chi connectivity index (χ0n) is 12.7. The zero-order chi connectivity index (χ0) is 15.0. The first kappa shape index (κ1) is 14.3. The Morgan fingerprint density at radius 3 is 2.95 bits per heavy atom. The molecule has 0 saturated carbocycles. The number of hydrogen-bond acceptors (Lipinski definition) is 3. The van der Waals surface area contributed by atoms with Crippen molar-refractivity contribution < 1.29 is 0 Å². The summed E-state index contributed by atoms with van der Waals surface area (Å²) >= 11 is 6.35. The van der Waals surface area contributed by atoms with E-state index in [0.717, 1.165) is 29.2 Å². The molecule has 0 amide bonds. The van der Waals surface area contributed by atoms with Crippen molar-refractivity contribution in [3.8, 4) is 0 Å². The van der Waals surface area contributed by atoms with Crippen LogP contribution in [0.5, 0.6) is 0 Å². The third kappa shape index (κ3) is 2.60. The molecule has 0 spiro atoms. The van der Waals surface area contributed by atoms with Gasteiger partial charge in [-0.05, 0) is 31.4 Å². The van der Waals surface area contributed by atoms with Gasteiger partial charge in [0.1, 0.15) is 0 Å². The number of anilines is 2. The number of fused-ring (bicyclic) bond motifs is 1. The van der Waals surface area contributed by atoms with Crippen LogP contribution in [0.15, 0.2) is 24.4 Å². The van der Waals surface area contributed by atoms with E-state index in [4.69, 9.17) is 11.6 Å². The molecule has 4 nitrogen and oxygen atoms in total. The molecule has 0 bridgehead atoms. The van der Waals surface area contributed by atoms with Crippen LogP contribution in [-0.4, -0.2) is 23.9 Å². The van der Waals surface area contributed by atoms with Crippen LogP contribution in [0.2, 0.25) is 5.02 Å². The summed E-state index contributed by atoms with van der Waals surface area (Å²) in [6.45, 7) is 0. The average molecular weight is 305 g/mol. The minimum atomic E-state index is 0.305. The number of para-hydroxylation sites is 1. The lowest BCUT2D eigenvalue weighted by molar-refractivity contribution is 0.571. The number of aromatic nitrogens is 2. The highest BCUT2D eigenvalue weighted by molar-refractivity contribution is 6.34. The largest absolute Gasteiger partial charge is 0.376 e. The summed E-state index contributed by atoms with van der Waals surface area (Å²) in [5, 5.41) is 8.84. The molecule has 1 unspecified atom stereocenters. The first-order valence-corrected chi connectivity index (χ1v) is 7.69. The summed E-state index contributed by atoms with van der Waals surface area (Å²) in [5.41, 5.74) is 4.77. The van der Waals surface area contributed by atoms with E-state index in [-0.39, 0.29) is 0 Å². The van der Waals surface area contributed by atoms with Crippen molar-refractivity contribution in [3.63, 3.8) is 0 Å². The zero-order valence-corrected chi connectivity index (χ0v) is 13.5. The number of hydrogen-bond donors (Lipinski definition) is 1. The van der Waals surface area contributed by atoms with Crippen LogP contribution in [0.3, 0.4) is 0 Å². The first-order valence-electron chi connectivity index (χ1n) is 7.31. The van der Waals surface area contributed by atoms with Gasteiger partial charge in [-0.3, -0.25) is 4.68 Å². The van der Waals surface area contributed by atoms with E-state index in [9.17, 15) is 0 Å². The summed E-state index contributed by atoms with van der Waals surface area (Å²) in [4.78, 5) is 2.05. The van der Waals surface area contributed by atoms with Crippen molar-refractivity contribution in [1.29, 1.82) is 0 Å². The lowest BCUT2D eigenvalue weighted by Gasteiger charge is -2.27. The fourth-order valence-corrected chi connectivity index (χ4v) is 3.47. The smallest absolute Gasteiger partial charge is 0.0786 e. The molecule has 1 aromatic carbocycles. The summed E-state index contributed by atoms with van der Waals surface area (Å²) < 4.78 is 1.99. The van der Waals surface area contributed by atoms with Crippen LogP contribution < -0.4 is 10.2 Å². The molecule has 21 heavy (non-hydrogen) atoms. The Hall–Kier alpha value is -1.68. The Morgan fingerprint density at radius 2 is 2.19 bits per heavy atom. The fourth-order valence-electron chi connectivity index (χ4n) is 3.13. The molecule has 1 N–H and O–H groups in total. The van der Waals surface area contributed by atoms with Crippen molar-refractivity contribution in [2.24, 2.45) is 7.05 Å². The van der Waals surface area contributed by atoms with Crippen molar-refractivity contribution in [1.82, 2.24) is 9.78 Å². The van der Waals surface area contributed by atoms with Gasteiger partial charge in [-0.25, -0.2) is 0 Å². The number of rotatable bonds is 3. The number of benzene rings is 1. The monoisotopic (exact) mass is 304 g/mol. The van der Waals surface area contributed by atoms with Gasteiger partial charge in [0.05, 0.1) is 28.6 Å². The second-order valence-corrected chi connectivity index (χ2v) is 6.20. The molecule has 0 radical (unpaired) electrons. The molecule has 1 aliphatic rings. The van der Waals surface area contributed by atoms with Gasteiger partial charge in [0.2, 0.25) is 0 Å². The third-order valence-electron chi connectivity index (χ3n) is 4.14. The van der Waals surface area contributed by atoms with Crippen molar-refractivity contribution in [2.45, 2.75) is 25.3 Å².